The predicted octanol–water partition coefficient (Wildman–Crippen LogP) is 3.19. The van der Waals surface area contributed by atoms with Crippen molar-refractivity contribution in [3.8, 4) is 0 Å². The van der Waals surface area contributed by atoms with E-state index in [1.165, 1.54) is 12.1 Å². The highest BCUT2D eigenvalue weighted by Gasteiger charge is 2.44. The molecule has 2 saturated heterocycles. The number of carbonyl (C=O) groups excluding carboxylic acids is 1. The van der Waals surface area contributed by atoms with Gasteiger partial charge in [-0.15, -0.1) is 0 Å². The van der Waals surface area contributed by atoms with Gasteiger partial charge in [-0.3, -0.25) is 9.69 Å². The van der Waals surface area contributed by atoms with Crippen LogP contribution in [0, 0.1) is 11.2 Å². The van der Waals surface area contributed by atoms with Crippen LogP contribution >= 0.6 is 0 Å². The first kappa shape index (κ1) is 19.1. The molecule has 3 rings (SSSR count). The minimum atomic E-state index is -0.203. The molecule has 2 fully saturated rings. The molecule has 0 aliphatic carbocycles. The summed E-state index contributed by atoms with van der Waals surface area (Å²) >= 11 is 0. The van der Waals surface area contributed by atoms with Crippen molar-refractivity contribution in [1.82, 2.24) is 9.80 Å². The third kappa shape index (κ3) is 4.92. The number of halogens is 1. The molecule has 0 bridgehead atoms. The number of carbonyl (C=O) groups is 1. The number of benzene rings is 1. The summed E-state index contributed by atoms with van der Waals surface area (Å²) in [6.45, 7) is 5.41. The van der Waals surface area contributed by atoms with Crippen LogP contribution in [0.3, 0.4) is 0 Å². The Morgan fingerprint density at radius 1 is 1.23 bits per heavy atom. The summed E-state index contributed by atoms with van der Waals surface area (Å²) < 4.78 is 18.0. The quantitative estimate of drug-likeness (QED) is 0.700. The van der Waals surface area contributed by atoms with E-state index in [0.717, 1.165) is 57.5 Å². The van der Waals surface area contributed by atoms with Gasteiger partial charge in [-0.1, -0.05) is 24.3 Å². The van der Waals surface area contributed by atoms with Gasteiger partial charge in [0.05, 0.1) is 0 Å². The maximum atomic E-state index is 12.9. The van der Waals surface area contributed by atoms with Gasteiger partial charge in [0.15, 0.2) is 0 Å². The van der Waals surface area contributed by atoms with Crippen molar-refractivity contribution in [2.75, 3.05) is 46.4 Å². The zero-order valence-electron chi connectivity index (χ0n) is 15.6. The van der Waals surface area contributed by atoms with Gasteiger partial charge in [-0.25, -0.2) is 4.39 Å². The van der Waals surface area contributed by atoms with Crippen LogP contribution in [0.4, 0.5) is 4.39 Å². The molecule has 0 saturated carbocycles. The van der Waals surface area contributed by atoms with Crippen molar-refractivity contribution in [2.45, 2.75) is 25.7 Å². The molecular formula is C21H29FN2O2. The number of rotatable bonds is 7. The van der Waals surface area contributed by atoms with Crippen LogP contribution in [0.5, 0.6) is 0 Å². The van der Waals surface area contributed by atoms with Crippen LogP contribution in [-0.2, 0) is 9.53 Å². The van der Waals surface area contributed by atoms with Gasteiger partial charge < -0.3 is 9.64 Å². The second kappa shape index (κ2) is 8.78. The average molecular weight is 360 g/mol. The summed E-state index contributed by atoms with van der Waals surface area (Å²) in [5.74, 6) is 0.108. The van der Waals surface area contributed by atoms with Gasteiger partial charge in [0.25, 0.3) is 0 Å². The molecule has 0 aromatic heterocycles. The normalized spacial score (nSPS) is 20.5. The van der Waals surface area contributed by atoms with E-state index < -0.39 is 0 Å². The van der Waals surface area contributed by atoms with Crippen molar-refractivity contribution in [2.24, 2.45) is 5.41 Å². The topological polar surface area (TPSA) is 32.8 Å². The molecule has 2 aliphatic rings. The summed E-state index contributed by atoms with van der Waals surface area (Å²) in [4.78, 5) is 16.8. The van der Waals surface area contributed by atoms with Gasteiger partial charge in [0, 0.05) is 39.8 Å². The minimum Gasteiger partial charge on any atom is -0.385 e. The summed E-state index contributed by atoms with van der Waals surface area (Å²) in [5, 5.41) is 0. The largest absolute Gasteiger partial charge is 0.385 e. The minimum absolute atomic E-state index is 0.182. The fourth-order valence-corrected chi connectivity index (χ4v) is 4.04. The van der Waals surface area contributed by atoms with Crippen LogP contribution in [-0.4, -0.2) is 62.1 Å². The zero-order valence-corrected chi connectivity index (χ0v) is 15.6. The lowest BCUT2D eigenvalue weighted by molar-refractivity contribution is -0.128. The lowest BCUT2D eigenvalue weighted by Crippen LogP contribution is -2.41. The Balaban J connectivity index is 1.44. The Hall–Kier alpha value is -1.72. The molecule has 26 heavy (non-hydrogen) atoms. The van der Waals surface area contributed by atoms with Crippen molar-refractivity contribution >= 4 is 12.0 Å². The van der Waals surface area contributed by atoms with E-state index in [4.69, 9.17) is 4.74 Å². The van der Waals surface area contributed by atoms with Crippen LogP contribution in [0.2, 0.25) is 0 Å². The molecule has 2 heterocycles. The average Bonchev–Trinajstić information content (AvgIpc) is 2.94. The van der Waals surface area contributed by atoms with Gasteiger partial charge >= 0.3 is 0 Å². The van der Waals surface area contributed by atoms with E-state index in [9.17, 15) is 9.18 Å². The summed E-state index contributed by atoms with van der Waals surface area (Å²) in [6, 6.07) is 6.55. The second-order valence-corrected chi connectivity index (χ2v) is 7.59. The molecule has 1 amide bonds. The fraction of sp³-hybridized carbons (Fsp3) is 0.571. The molecule has 142 valence electrons. The number of methoxy groups -OCH3 is 1. The first-order valence-electron chi connectivity index (χ1n) is 9.51. The number of likely N-dealkylation sites (tertiary alicyclic amines) is 2. The fourth-order valence-electron chi connectivity index (χ4n) is 4.04. The number of hydrogen-bond donors (Lipinski definition) is 0. The maximum absolute atomic E-state index is 12.9. The second-order valence-electron chi connectivity index (χ2n) is 7.59. The molecule has 0 unspecified atom stereocenters. The number of hydrogen-bond acceptors (Lipinski definition) is 3. The maximum Gasteiger partial charge on any atom is 0.223 e. The Bertz CT molecular complexity index is 621. The van der Waals surface area contributed by atoms with E-state index in [1.807, 2.05) is 11.0 Å². The Morgan fingerprint density at radius 2 is 1.96 bits per heavy atom. The van der Waals surface area contributed by atoms with Crippen molar-refractivity contribution in [1.29, 1.82) is 0 Å². The SMILES string of the molecule is COCCCN1CC2(CCN(C/C=C/c3ccc(F)cc3)CC2)CC1=O. The van der Waals surface area contributed by atoms with E-state index in [1.54, 1.807) is 19.2 Å². The standard InChI is InChI=1S/C21H29FN2O2/c1-26-15-3-12-24-17-21(16-20(24)25)9-13-23(14-10-21)11-2-4-18-5-7-19(22)8-6-18/h2,4-8H,3,9-17H2,1H3/b4-2+. The molecule has 0 atom stereocenters. The Kier molecular flexibility index (Phi) is 6.43. The van der Waals surface area contributed by atoms with Crippen LogP contribution in [0.15, 0.2) is 30.3 Å². The third-order valence-corrected chi connectivity index (χ3v) is 5.64. The molecule has 1 spiro atoms. The zero-order chi connectivity index (χ0) is 18.4. The first-order chi connectivity index (χ1) is 12.6. The highest BCUT2D eigenvalue weighted by atomic mass is 19.1. The summed E-state index contributed by atoms with van der Waals surface area (Å²) in [6.07, 6.45) is 7.98. The lowest BCUT2D eigenvalue weighted by Gasteiger charge is -2.38. The molecule has 0 radical (unpaired) electrons. The summed E-state index contributed by atoms with van der Waals surface area (Å²) in [7, 11) is 1.70. The summed E-state index contributed by atoms with van der Waals surface area (Å²) in [5.41, 5.74) is 1.20. The van der Waals surface area contributed by atoms with Gasteiger partial charge in [0.1, 0.15) is 5.82 Å². The van der Waals surface area contributed by atoms with Gasteiger partial charge in [-0.05, 0) is 55.5 Å². The van der Waals surface area contributed by atoms with Crippen LogP contribution < -0.4 is 0 Å². The molecule has 0 N–H and O–H groups in total. The van der Waals surface area contributed by atoms with E-state index in [2.05, 4.69) is 11.0 Å². The molecule has 2 aliphatic heterocycles. The van der Waals surface area contributed by atoms with E-state index >= 15 is 0 Å². The molecule has 5 heteroatoms. The smallest absolute Gasteiger partial charge is 0.223 e. The Labute approximate surface area is 155 Å². The molecule has 4 nitrogen and oxygen atoms in total. The highest BCUT2D eigenvalue weighted by molar-refractivity contribution is 5.79. The van der Waals surface area contributed by atoms with Gasteiger partial charge in [-0.2, -0.15) is 0 Å². The monoisotopic (exact) mass is 360 g/mol. The van der Waals surface area contributed by atoms with Crippen molar-refractivity contribution in [3.05, 3.63) is 41.7 Å². The molecule has 1 aromatic carbocycles. The van der Waals surface area contributed by atoms with Crippen molar-refractivity contribution < 1.29 is 13.9 Å². The highest BCUT2D eigenvalue weighted by Crippen LogP contribution is 2.40. The van der Waals surface area contributed by atoms with E-state index in [-0.39, 0.29) is 11.2 Å². The van der Waals surface area contributed by atoms with Crippen LogP contribution in [0.25, 0.3) is 6.08 Å². The number of nitrogens with zero attached hydrogens (tertiary/aromatic N) is 2. The molecular weight excluding hydrogens is 331 g/mol. The number of amides is 1. The predicted molar refractivity (Wildman–Crippen MR) is 101 cm³/mol. The first-order valence-corrected chi connectivity index (χ1v) is 9.51. The number of piperidine rings is 1. The molecule has 1 aromatic rings. The van der Waals surface area contributed by atoms with E-state index in [0.29, 0.717) is 18.9 Å². The Morgan fingerprint density at radius 3 is 2.65 bits per heavy atom. The van der Waals surface area contributed by atoms with Crippen molar-refractivity contribution in [3.63, 3.8) is 0 Å². The third-order valence-electron chi connectivity index (χ3n) is 5.64. The van der Waals surface area contributed by atoms with Gasteiger partial charge in [0.2, 0.25) is 5.91 Å². The number of ether oxygens (including phenoxy) is 1. The van der Waals surface area contributed by atoms with Crippen LogP contribution in [0.1, 0.15) is 31.2 Å². The lowest BCUT2D eigenvalue weighted by atomic mass is 9.77.